The molecule has 0 atom stereocenters. The summed E-state index contributed by atoms with van der Waals surface area (Å²) in [7, 11) is 1.69. The Bertz CT molecular complexity index is 719. The van der Waals surface area contributed by atoms with Gasteiger partial charge in [0.25, 0.3) is 0 Å². The van der Waals surface area contributed by atoms with Crippen molar-refractivity contribution in [2.24, 2.45) is 0 Å². The predicted molar refractivity (Wildman–Crippen MR) is 99.6 cm³/mol. The van der Waals surface area contributed by atoms with Crippen molar-refractivity contribution in [3.8, 4) is 5.75 Å². The molecule has 0 aliphatic carbocycles. The zero-order valence-electron chi connectivity index (χ0n) is 14.9. The van der Waals surface area contributed by atoms with Gasteiger partial charge in [0, 0.05) is 26.2 Å². The third-order valence-electron chi connectivity index (χ3n) is 4.18. The molecule has 9 heteroatoms. The Labute approximate surface area is 163 Å². The summed E-state index contributed by atoms with van der Waals surface area (Å²) in [6.45, 7) is 5.80. The van der Waals surface area contributed by atoms with Crippen LogP contribution in [0.15, 0.2) is 24.3 Å². The third-order valence-corrected chi connectivity index (χ3v) is 5.16. The molecule has 2 heterocycles. The predicted octanol–water partition coefficient (Wildman–Crippen LogP) is -1.13. The molecule has 3 rings (SSSR count). The Kier molecular flexibility index (Phi) is 7.62. The van der Waals surface area contributed by atoms with Gasteiger partial charge >= 0.3 is 0 Å². The van der Waals surface area contributed by atoms with E-state index in [9.17, 15) is 4.79 Å². The van der Waals surface area contributed by atoms with Crippen LogP contribution in [0.1, 0.15) is 11.9 Å². The number of nitrogens with zero attached hydrogens (tertiary/aromatic N) is 4. The third kappa shape index (κ3) is 5.06. The van der Waals surface area contributed by atoms with Gasteiger partial charge in [-0.2, -0.15) is 0 Å². The van der Waals surface area contributed by atoms with Gasteiger partial charge in [0.15, 0.2) is 0 Å². The normalized spacial score (nSPS) is 14.6. The van der Waals surface area contributed by atoms with Gasteiger partial charge < -0.3 is 22.0 Å². The smallest absolute Gasteiger partial charge is 0.240 e. The van der Waals surface area contributed by atoms with E-state index in [2.05, 4.69) is 31.4 Å². The number of rotatable bonds is 6. The number of aryl methyl sites for hydroxylation is 1. The lowest BCUT2D eigenvalue weighted by molar-refractivity contribution is -0.117. The van der Waals surface area contributed by atoms with Gasteiger partial charge in [-0.1, -0.05) is 30.4 Å². The molecule has 7 nitrogen and oxygen atoms in total. The fourth-order valence-electron chi connectivity index (χ4n) is 2.85. The van der Waals surface area contributed by atoms with E-state index < -0.39 is 0 Å². The molecule has 1 N–H and O–H groups in total. The Morgan fingerprint density at radius 2 is 1.96 bits per heavy atom. The number of methoxy groups -OCH3 is 1. The molecule has 142 valence electrons. The second kappa shape index (κ2) is 9.70. The van der Waals surface area contributed by atoms with Crippen LogP contribution in [-0.2, 0) is 11.2 Å². The molecule has 1 aromatic carbocycles. The summed E-state index contributed by atoms with van der Waals surface area (Å²) in [5.74, 6) is 0.848. The van der Waals surface area contributed by atoms with Crippen LogP contribution in [-0.4, -0.2) is 60.8 Å². The van der Waals surface area contributed by atoms with Crippen LogP contribution in [0, 0.1) is 0 Å². The number of hydrogen-bond acceptors (Lipinski definition) is 7. The molecule has 1 aliphatic rings. The molecule has 1 aliphatic heterocycles. The van der Waals surface area contributed by atoms with Crippen molar-refractivity contribution in [2.75, 3.05) is 50.1 Å². The molecule has 0 radical (unpaired) electrons. The van der Waals surface area contributed by atoms with Crippen molar-refractivity contribution in [3.05, 3.63) is 29.3 Å². The lowest BCUT2D eigenvalue weighted by Gasteiger charge is -2.36. The van der Waals surface area contributed by atoms with Crippen LogP contribution in [0.25, 0.3) is 0 Å². The van der Waals surface area contributed by atoms with E-state index in [0.717, 1.165) is 49.0 Å². The SMILES string of the molecule is CCc1nnc(NC(=O)CN2CCN(c3ccccc3OC)CC2)s1.[Cl-]. The maximum absolute atomic E-state index is 12.2. The van der Waals surface area contributed by atoms with Crippen LogP contribution < -0.4 is 27.4 Å². The second-order valence-electron chi connectivity index (χ2n) is 5.84. The molecule has 2 aromatic rings. The van der Waals surface area contributed by atoms with Crippen molar-refractivity contribution in [1.29, 1.82) is 0 Å². The monoisotopic (exact) mass is 396 g/mol. The van der Waals surface area contributed by atoms with Crippen molar-refractivity contribution in [2.45, 2.75) is 13.3 Å². The summed E-state index contributed by atoms with van der Waals surface area (Å²) >= 11 is 1.43. The van der Waals surface area contributed by atoms with E-state index in [0.29, 0.717) is 11.7 Å². The molecule has 0 saturated carbocycles. The lowest BCUT2D eigenvalue weighted by Crippen LogP contribution is -3.00. The number of benzene rings is 1. The number of carbonyl (C=O) groups is 1. The largest absolute Gasteiger partial charge is 1.00 e. The van der Waals surface area contributed by atoms with Crippen molar-refractivity contribution < 1.29 is 21.9 Å². The number of aromatic nitrogens is 2. The number of piperazine rings is 1. The lowest BCUT2D eigenvalue weighted by atomic mass is 10.2. The van der Waals surface area contributed by atoms with E-state index in [-0.39, 0.29) is 18.3 Å². The average Bonchev–Trinajstić information content (AvgIpc) is 3.09. The fraction of sp³-hybridized carbons (Fsp3) is 0.471. The van der Waals surface area contributed by atoms with E-state index in [4.69, 9.17) is 4.74 Å². The minimum Gasteiger partial charge on any atom is -1.00 e. The van der Waals surface area contributed by atoms with Crippen molar-refractivity contribution in [1.82, 2.24) is 15.1 Å². The number of hydrogen-bond donors (Lipinski definition) is 1. The van der Waals surface area contributed by atoms with E-state index in [1.807, 2.05) is 25.1 Å². The molecular weight excluding hydrogens is 374 g/mol. The molecule has 1 saturated heterocycles. The van der Waals surface area contributed by atoms with Gasteiger partial charge in [0.1, 0.15) is 10.8 Å². The number of carbonyl (C=O) groups excluding carboxylic acids is 1. The first kappa shape index (κ1) is 20.4. The van der Waals surface area contributed by atoms with Gasteiger partial charge in [-0.3, -0.25) is 15.0 Å². The minimum atomic E-state index is -0.0375. The number of anilines is 2. The highest BCUT2D eigenvalue weighted by Gasteiger charge is 2.21. The standard InChI is InChI=1S/C17H23N5O2S.ClH/c1-3-16-19-20-17(25-16)18-15(23)12-21-8-10-22(11-9-21)13-6-4-5-7-14(13)24-2;/h4-7H,3,8-12H2,1-2H3,(H,18,20,23);1H/p-1. The number of nitrogens with one attached hydrogen (secondary N) is 1. The summed E-state index contributed by atoms with van der Waals surface area (Å²) in [6, 6.07) is 8.04. The van der Waals surface area contributed by atoms with Crippen LogP contribution in [0.2, 0.25) is 0 Å². The first-order valence-electron chi connectivity index (χ1n) is 8.42. The summed E-state index contributed by atoms with van der Waals surface area (Å²) in [5, 5.41) is 12.3. The van der Waals surface area contributed by atoms with E-state index in [1.54, 1.807) is 7.11 Å². The topological polar surface area (TPSA) is 70.6 Å². The Hall–Kier alpha value is -1.90. The molecule has 1 fully saturated rings. The maximum atomic E-state index is 12.2. The number of ether oxygens (including phenoxy) is 1. The van der Waals surface area contributed by atoms with E-state index in [1.165, 1.54) is 11.3 Å². The first-order chi connectivity index (χ1) is 12.2. The Balaban J connectivity index is 0.00000243. The molecule has 0 spiro atoms. The van der Waals surface area contributed by atoms with Gasteiger partial charge in [-0.25, -0.2) is 0 Å². The number of para-hydroxylation sites is 2. The van der Waals surface area contributed by atoms with Crippen molar-refractivity contribution in [3.63, 3.8) is 0 Å². The molecule has 0 unspecified atom stereocenters. The zero-order valence-corrected chi connectivity index (χ0v) is 16.5. The van der Waals surface area contributed by atoms with Crippen LogP contribution >= 0.6 is 11.3 Å². The van der Waals surface area contributed by atoms with Gasteiger partial charge in [-0.15, -0.1) is 10.2 Å². The molecule has 1 aromatic heterocycles. The first-order valence-corrected chi connectivity index (χ1v) is 9.23. The van der Waals surface area contributed by atoms with Gasteiger partial charge in [-0.05, 0) is 18.6 Å². The number of amides is 1. The minimum absolute atomic E-state index is 0. The Morgan fingerprint density at radius 3 is 2.62 bits per heavy atom. The average molecular weight is 397 g/mol. The van der Waals surface area contributed by atoms with Crippen LogP contribution in [0.4, 0.5) is 10.8 Å². The molecule has 1 amide bonds. The van der Waals surface area contributed by atoms with Crippen LogP contribution in [0.3, 0.4) is 0 Å². The summed E-state index contributed by atoms with van der Waals surface area (Å²) in [5.41, 5.74) is 1.11. The quantitative estimate of drug-likeness (QED) is 0.666. The van der Waals surface area contributed by atoms with Gasteiger partial charge in [0.2, 0.25) is 11.0 Å². The summed E-state index contributed by atoms with van der Waals surface area (Å²) < 4.78 is 5.44. The molecule has 0 bridgehead atoms. The highest BCUT2D eigenvalue weighted by Crippen LogP contribution is 2.28. The summed E-state index contributed by atoms with van der Waals surface area (Å²) in [6.07, 6.45) is 0.832. The fourth-order valence-corrected chi connectivity index (χ4v) is 3.54. The second-order valence-corrected chi connectivity index (χ2v) is 6.90. The maximum Gasteiger partial charge on any atom is 0.240 e. The van der Waals surface area contributed by atoms with E-state index >= 15 is 0 Å². The van der Waals surface area contributed by atoms with Gasteiger partial charge in [0.05, 0.1) is 19.3 Å². The zero-order chi connectivity index (χ0) is 17.6. The highest BCUT2D eigenvalue weighted by atomic mass is 35.5. The van der Waals surface area contributed by atoms with Crippen LogP contribution in [0.5, 0.6) is 5.75 Å². The van der Waals surface area contributed by atoms with Crippen molar-refractivity contribution >= 4 is 28.1 Å². The highest BCUT2D eigenvalue weighted by molar-refractivity contribution is 7.15. The summed E-state index contributed by atoms with van der Waals surface area (Å²) in [4.78, 5) is 16.6. The molecular formula is C17H23ClN5O2S-. The molecule has 26 heavy (non-hydrogen) atoms. The number of halogens is 1. The Morgan fingerprint density at radius 1 is 1.23 bits per heavy atom.